The lowest BCUT2D eigenvalue weighted by molar-refractivity contribution is 0.549. The first kappa shape index (κ1) is 8.63. The number of nitrogens with two attached hydrogens (primary N) is 1. The van der Waals surface area contributed by atoms with E-state index in [4.69, 9.17) is 5.73 Å². The van der Waals surface area contributed by atoms with Crippen molar-refractivity contribution in [3.05, 3.63) is 24.3 Å². The maximum atomic E-state index is 5.99. The van der Waals surface area contributed by atoms with Crippen molar-refractivity contribution in [3.8, 4) is 0 Å². The molecule has 0 bridgehead atoms. The van der Waals surface area contributed by atoms with Crippen molar-refractivity contribution in [2.24, 2.45) is 11.7 Å². The minimum absolute atomic E-state index is 0.389. The summed E-state index contributed by atoms with van der Waals surface area (Å²) in [7, 11) is 0. The number of aryl methyl sites for hydroxylation is 1. The Morgan fingerprint density at radius 2 is 2.08 bits per heavy atom. The van der Waals surface area contributed by atoms with Crippen LogP contribution in [0.5, 0.6) is 0 Å². The molecule has 1 saturated carbocycles. The van der Waals surface area contributed by atoms with Gasteiger partial charge in [-0.25, -0.2) is 9.97 Å². The molecule has 2 rings (SSSR count). The molecule has 13 heavy (non-hydrogen) atoms. The van der Waals surface area contributed by atoms with Gasteiger partial charge in [0.25, 0.3) is 0 Å². The van der Waals surface area contributed by atoms with Crippen LogP contribution in [0.3, 0.4) is 0 Å². The molecule has 1 aromatic heterocycles. The highest BCUT2D eigenvalue weighted by Gasteiger charge is 2.27. The maximum Gasteiger partial charge on any atom is 0.115 e. The summed E-state index contributed by atoms with van der Waals surface area (Å²) in [5.41, 5.74) is 7.18. The Morgan fingerprint density at radius 3 is 2.69 bits per heavy atom. The van der Waals surface area contributed by atoms with Crippen LogP contribution >= 0.6 is 0 Å². The molecule has 1 heterocycles. The van der Waals surface area contributed by atoms with Gasteiger partial charge in [-0.3, -0.25) is 0 Å². The molecule has 3 heteroatoms. The van der Waals surface area contributed by atoms with Gasteiger partial charge in [-0.15, -0.1) is 0 Å². The highest BCUT2D eigenvalue weighted by Crippen LogP contribution is 2.33. The number of hydrogen-bond acceptors (Lipinski definition) is 3. The van der Waals surface area contributed by atoms with Gasteiger partial charge in [0.2, 0.25) is 0 Å². The van der Waals surface area contributed by atoms with Gasteiger partial charge < -0.3 is 5.73 Å². The van der Waals surface area contributed by atoms with E-state index in [0.717, 1.165) is 18.8 Å². The zero-order chi connectivity index (χ0) is 9.10. The molecule has 0 radical (unpaired) electrons. The Kier molecular flexibility index (Phi) is 2.54. The molecule has 3 nitrogen and oxygen atoms in total. The Bertz CT molecular complexity index is 256. The van der Waals surface area contributed by atoms with Crippen molar-refractivity contribution < 1.29 is 0 Å². The molecular formula is C10H15N3. The number of aromatic nitrogens is 2. The third kappa shape index (κ3) is 2.49. The van der Waals surface area contributed by atoms with Crippen LogP contribution in [0.4, 0.5) is 0 Å². The molecule has 0 saturated heterocycles. The Morgan fingerprint density at radius 1 is 1.38 bits per heavy atom. The summed E-state index contributed by atoms with van der Waals surface area (Å²) in [5, 5.41) is 0. The van der Waals surface area contributed by atoms with E-state index in [9.17, 15) is 0 Å². The van der Waals surface area contributed by atoms with E-state index >= 15 is 0 Å². The van der Waals surface area contributed by atoms with Gasteiger partial charge in [-0.05, 0) is 37.2 Å². The summed E-state index contributed by atoms with van der Waals surface area (Å²) in [6.45, 7) is 0. The van der Waals surface area contributed by atoms with Crippen molar-refractivity contribution in [1.29, 1.82) is 0 Å². The number of rotatable bonds is 4. The molecule has 1 atom stereocenters. The average molecular weight is 177 g/mol. The molecular weight excluding hydrogens is 162 g/mol. The predicted molar refractivity (Wildman–Crippen MR) is 51.1 cm³/mol. The van der Waals surface area contributed by atoms with Gasteiger partial charge >= 0.3 is 0 Å². The fraction of sp³-hybridized carbons (Fsp3) is 0.600. The SMILES string of the molecule is NC(CCc1cncnc1)C1CC1. The zero-order valence-corrected chi connectivity index (χ0v) is 7.69. The van der Waals surface area contributed by atoms with Crippen molar-refractivity contribution in [1.82, 2.24) is 9.97 Å². The second kappa shape index (κ2) is 3.83. The summed E-state index contributed by atoms with van der Waals surface area (Å²) >= 11 is 0. The van der Waals surface area contributed by atoms with Crippen LogP contribution in [0.1, 0.15) is 24.8 Å². The van der Waals surface area contributed by atoms with Crippen molar-refractivity contribution in [2.75, 3.05) is 0 Å². The number of hydrogen-bond donors (Lipinski definition) is 1. The van der Waals surface area contributed by atoms with E-state index in [2.05, 4.69) is 9.97 Å². The predicted octanol–water partition coefficient (Wildman–Crippen LogP) is 1.15. The van der Waals surface area contributed by atoms with Crippen LogP contribution in [-0.4, -0.2) is 16.0 Å². The summed E-state index contributed by atoms with van der Waals surface area (Å²) in [6.07, 6.45) is 10.0. The lowest BCUT2D eigenvalue weighted by Gasteiger charge is -2.08. The van der Waals surface area contributed by atoms with Crippen LogP contribution < -0.4 is 5.73 Å². The first-order valence-electron chi connectivity index (χ1n) is 4.86. The third-order valence-electron chi connectivity index (χ3n) is 2.61. The molecule has 0 spiro atoms. The van der Waals surface area contributed by atoms with E-state index in [-0.39, 0.29) is 0 Å². The zero-order valence-electron chi connectivity index (χ0n) is 7.69. The van der Waals surface area contributed by atoms with E-state index in [0.29, 0.717) is 6.04 Å². The van der Waals surface area contributed by atoms with Crippen molar-refractivity contribution >= 4 is 0 Å². The van der Waals surface area contributed by atoms with E-state index in [1.807, 2.05) is 12.4 Å². The quantitative estimate of drug-likeness (QED) is 0.750. The van der Waals surface area contributed by atoms with Gasteiger partial charge in [-0.1, -0.05) is 0 Å². The van der Waals surface area contributed by atoms with E-state index in [1.165, 1.54) is 18.4 Å². The topological polar surface area (TPSA) is 51.8 Å². The van der Waals surface area contributed by atoms with E-state index in [1.54, 1.807) is 6.33 Å². The van der Waals surface area contributed by atoms with E-state index < -0.39 is 0 Å². The molecule has 2 N–H and O–H groups in total. The summed E-state index contributed by atoms with van der Waals surface area (Å²) < 4.78 is 0. The largest absolute Gasteiger partial charge is 0.327 e. The molecule has 0 aliphatic heterocycles. The summed E-state index contributed by atoms with van der Waals surface area (Å²) in [6, 6.07) is 0.389. The summed E-state index contributed by atoms with van der Waals surface area (Å²) in [4.78, 5) is 7.94. The Hall–Kier alpha value is -0.960. The molecule has 1 unspecified atom stereocenters. The van der Waals surface area contributed by atoms with Crippen LogP contribution in [0.2, 0.25) is 0 Å². The second-order valence-corrected chi connectivity index (χ2v) is 3.79. The molecule has 0 aromatic carbocycles. The van der Waals surface area contributed by atoms with Gasteiger partial charge in [0.05, 0.1) is 0 Å². The highest BCUT2D eigenvalue weighted by molar-refractivity contribution is 5.03. The highest BCUT2D eigenvalue weighted by atomic mass is 14.8. The second-order valence-electron chi connectivity index (χ2n) is 3.79. The first-order valence-corrected chi connectivity index (χ1v) is 4.86. The fourth-order valence-electron chi connectivity index (χ4n) is 1.55. The molecule has 1 aromatic rings. The maximum absolute atomic E-state index is 5.99. The van der Waals surface area contributed by atoms with Crippen LogP contribution in [0.25, 0.3) is 0 Å². The minimum Gasteiger partial charge on any atom is -0.327 e. The lowest BCUT2D eigenvalue weighted by Crippen LogP contribution is -2.22. The van der Waals surface area contributed by atoms with Crippen molar-refractivity contribution in [2.45, 2.75) is 31.7 Å². The Balaban J connectivity index is 1.78. The molecule has 70 valence electrons. The molecule has 1 aliphatic carbocycles. The number of nitrogens with zero attached hydrogens (tertiary/aromatic N) is 2. The molecule has 1 fully saturated rings. The summed E-state index contributed by atoms with van der Waals surface area (Å²) in [5.74, 6) is 0.796. The van der Waals surface area contributed by atoms with Crippen LogP contribution in [-0.2, 0) is 6.42 Å². The van der Waals surface area contributed by atoms with Crippen LogP contribution in [0, 0.1) is 5.92 Å². The standard InChI is InChI=1S/C10H15N3/c11-10(9-2-3-9)4-1-8-5-12-7-13-6-8/h5-7,9-10H,1-4,11H2. The Labute approximate surface area is 78.4 Å². The first-order chi connectivity index (χ1) is 6.36. The van der Waals surface area contributed by atoms with Gasteiger partial charge in [-0.2, -0.15) is 0 Å². The van der Waals surface area contributed by atoms with Gasteiger partial charge in [0, 0.05) is 18.4 Å². The van der Waals surface area contributed by atoms with Gasteiger partial charge in [0.1, 0.15) is 6.33 Å². The van der Waals surface area contributed by atoms with Gasteiger partial charge in [0.15, 0.2) is 0 Å². The smallest absolute Gasteiger partial charge is 0.115 e. The average Bonchev–Trinajstić information content (AvgIpc) is 2.99. The molecule has 0 amide bonds. The fourth-order valence-corrected chi connectivity index (χ4v) is 1.55. The lowest BCUT2D eigenvalue weighted by atomic mass is 10.1. The normalized spacial score (nSPS) is 18.5. The third-order valence-corrected chi connectivity index (χ3v) is 2.61. The molecule has 1 aliphatic rings. The minimum atomic E-state index is 0.389. The monoisotopic (exact) mass is 177 g/mol. The van der Waals surface area contributed by atoms with Crippen molar-refractivity contribution in [3.63, 3.8) is 0 Å². The van der Waals surface area contributed by atoms with Crippen LogP contribution in [0.15, 0.2) is 18.7 Å².